The molecule has 0 amide bonds. The van der Waals surface area contributed by atoms with Gasteiger partial charge in [0.15, 0.2) is 0 Å². The Balaban J connectivity index is 2.22. The largest absolute Gasteiger partial charge is 0.207 e. The summed E-state index contributed by atoms with van der Waals surface area (Å²) in [5, 5.41) is 0. The van der Waals surface area contributed by atoms with E-state index < -0.39 is 0 Å². The Hall–Kier alpha value is -1.15. The Morgan fingerprint density at radius 2 is 1.68 bits per heavy atom. The number of alkyl halides is 1. The fraction of sp³-hybridized carbons (Fsp3) is 0.294. The molecule has 2 aromatic rings. The van der Waals surface area contributed by atoms with E-state index >= 15 is 0 Å². The molecule has 0 N–H and O–H groups in total. The molecular formula is C17H18BrF. The second kappa shape index (κ2) is 5.87. The van der Waals surface area contributed by atoms with E-state index in [9.17, 15) is 4.39 Å². The third kappa shape index (κ3) is 3.44. The predicted molar refractivity (Wildman–Crippen MR) is 82.4 cm³/mol. The topological polar surface area (TPSA) is 0 Å². The molecule has 0 bridgehead atoms. The third-order valence-electron chi connectivity index (χ3n) is 3.46. The maximum Gasteiger partial charge on any atom is 0.126 e. The predicted octanol–water partition coefficient (Wildman–Crippen LogP) is 5.43. The molecule has 2 rings (SSSR count). The van der Waals surface area contributed by atoms with Gasteiger partial charge in [0, 0.05) is 4.83 Å². The fourth-order valence-corrected chi connectivity index (χ4v) is 2.77. The molecule has 2 aromatic carbocycles. The molecule has 0 saturated carbocycles. The minimum atomic E-state index is -0.136. The number of benzene rings is 2. The first-order valence-electron chi connectivity index (χ1n) is 6.43. The van der Waals surface area contributed by atoms with Crippen LogP contribution in [0.2, 0.25) is 0 Å². The number of aryl methyl sites for hydroxylation is 3. The molecule has 1 atom stereocenters. The lowest BCUT2D eigenvalue weighted by Crippen LogP contribution is -1.99. The fourth-order valence-electron chi connectivity index (χ4n) is 2.14. The molecule has 19 heavy (non-hydrogen) atoms. The van der Waals surface area contributed by atoms with Crippen LogP contribution in [-0.2, 0) is 6.42 Å². The molecule has 0 aliphatic carbocycles. The van der Waals surface area contributed by atoms with Crippen molar-refractivity contribution in [2.75, 3.05) is 0 Å². The third-order valence-corrected chi connectivity index (χ3v) is 4.31. The standard InChI is InChI=1S/C17H18BrF/c1-11-4-5-12(2)15(8-11)9-16(18)14-7-6-13(3)17(19)10-14/h4-8,10,16H,9H2,1-3H3. The van der Waals surface area contributed by atoms with Gasteiger partial charge in [-0.1, -0.05) is 51.8 Å². The Kier molecular flexibility index (Phi) is 4.41. The summed E-state index contributed by atoms with van der Waals surface area (Å²) in [7, 11) is 0. The first-order valence-corrected chi connectivity index (χ1v) is 7.35. The lowest BCUT2D eigenvalue weighted by Gasteiger charge is -2.13. The van der Waals surface area contributed by atoms with Gasteiger partial charge in [0.1, 0.15) is 5.82 Å². The summed E-state index contributed by atoms with van der Waals surface area (Å²) in [6, 6.07) is 11.9. The van der Waals surface area contributed by atoms with Crippen LogP contribution in [0.4, 0.5) is 4.39 Å². The van der Waals surface area contributed by atoms with E-state index in [1.54, 1.807) is 13.0 Å². The SMILES string of the molecule is Cc1ccc(C)c(CC(Br)c2ccc(C)c(F)c2)c1. The van der Waals surface area contributed by atoms with Crippen molar-refractivity contribution in [3.63, 3.8) is 0 Å². The summed E-state index contributed by atoms with van der Waals surface area (Å²) < 4.78 is 13.6. The van der Waals surface area contributed by atoms with Crippen LogP contribution in [0.15, 0.2) is 36.4 Å². The summed E-state index contributed by atoms with van der Waals surface area (Å²) in [5.41, 5.74) is 5.53. The highest BCUT2D eigenvalue weighted by Gasteiger charge is 2.12. The van der Waals surface area contributed by atoms with Gasteiger partial charge in [0.25, 0.3) is 0 Å². The van der Waals surface area contributed by atoms with E-state index in [2.05, 4.69) is 48.0 Å². The van der Waals surface area contributed by atoms with E-state index in [1.165, 1.54) is 16.7 Å². The van der Waals surface area contributed by atoms with E-state index in [0.29, 0.717) is 5.56 Å². The summed E-state index contributed by atoms with van der Waals surface area (Å²) in [6.07, 6.45) is 0.871. The van der Waals surface area contributed by atoms with Crippen molar-refractivity contribution in [1.29, 1.82) is 0 Å². The van der Waals surface area contributed by atoms with Crippen LogP contribution in [0.5, 0.6) is 0 Å². The molecule has 0 aromatic heterocycles. The van der Waals surface area contributed by atoms with Gasteiger partial charge in [0.2, 0.25) is 0 Å². The van der Waals surface area contributed by atoms with E-state index in [4.69, 9.17) is 0 Å². The zero-order valence-electron chi connectivity index (χ0n) is 11.5. The highest BCUT2D eigenvalue weighted by atomic mass is 79.9. The second-order valence-corrected chi connectivity index (χ2v) is 6.22. The van der Waals surface area contributed by atoms with Crippen LogP contribution in [0.1, 0.15) is 32.6 Å². The van der Waals surface area contributed by atoms with Crippen LogP contribution in [0.3, 0.4) is 0 Å². The van der Waals surface area contributed by atoms with E-state index in [-0.39, 0.29) is 10.6 Å². The van der Waals surface area contributed by atoms with Gasteiger partial charge in [0.05, 0.1) is 0 Å². The zero-order chi connectivity index (χ0) is 14.0. The molecular weight excluding hydrogens is 303 g/mol. The van der Waals surface area contributed by atoms with Crippen molar-refractivity contribution in [1.82, 2.24) is 0 Å². The van der Waals surface area contributed by atoms with Gasteiger partial charge in [-0.2, -0.15) is 0 Å². The van der Waals surface area contributed by atoms with Gasteiger partial charge in [-0.3, -0.25) is 0 Å². The molecule has 0 radical (unpaired) electrons. The van der Waals surface area contributed by atoms with Gasteiger partial charge in [-0.15, -0.1) is 0 Å². The van der Waals surface area contributed by atoms with Crippen LogP contribution >= 0.6 is 15.9 Å². The zero-order valence-corrected chi connectivity index (χ0v) is 13.1. The van der Waals surface area contributed by atoms with Crippen molar-refractivity contribution < 1.29 is 4.39 Å². The summed E-state index contributed by atoms with van der Waals surface area (Å²) in [4.78, 5) is 0.142. The molecule has 0 spiro atoms. The van der Waals surface area contributed by atoms with Crippen LogP contribution in [0, 0.1) is 26.6 Å². The highest BCUT2D eigenvalue weighted by molar-refractivity contribution is 9.09. The first kappa shape index (κ1) is 14.3. The second-order valence-electron chi connectivity index (χ2n) is 5.11. The van der Waals surface area contributed by atoms with Crippen LogP contribution < -0.4 is 0 Å². The summed E-state index contributed by atoms with van der Waals surface area (Å²) in [5.74, 6) is -0.136. The normalized spacial score (nSPS) is 12.5. The molecule has 0 heterocycles. The van der Waals surface area contributed by atoms with Gasteiger partial charge in [-0.05, 0) is 55.5 Å². The van der Waals surface area contributed by atoms with Gasteiger partial charge >= 0.3 is 0 Å². The average molecular weight is 321 g/mol. The Morgan fingerprint density at radius 1 is 1.00 bits per heavy atom. The van der Waals surface area contributed by atoms with Crippen LogP contribution in [-0.4, -0.2) is 0 Å². The lowest BCUT2D eigenvalue weighted by molar-refractivity contribution is 0.615. The number of hydrogen-bond acceptors (Lipinski definition) is 0. The molecule has 0 aliphatic heterocycles. The number of halogens is 2. The molecule has 0 saturated heterocycles. The quantitative estimate of drug-likeness (QED) is 0.661. The first-order chi connectivity index (χ1) is 8.97. The van der Waals surface area contributed by atoms with E-state index in [1.807, 2.05) is 12.1 Å². The van der Waals surface area contributed by atoms with Crippen molar-refractivity contribution >= 4 is 15.9 Å². The molecule has 2 heteroatoms. The smallest absolute Gasteiger partial charge is 0.126 e. The van der Waals surface area contributed by atoms with Crippen molar-refractivity contribution in [2.24, 2.45) is 0 Å². The summed E-state index contributed by atoms with van der Waals surface area (Å²) in [6.45, 7) is 6.00. The minimum Gasteiger partial charge on any atom is -0.207 e. The molecule has 0 nitrogen and oxygen atoms in total. The number of rotatable bonds is 3. The number of hydrogen-bond donors (Lipinski definition) is 0. The highest BCUT2D eigenvalue weighted by Crippen LogP contribution is 2.29. The molecule has 0 fully saturated rings. The summed E-state index contributed by atoms with van der Waals surface area (Å²) >= 11 is 3.67. The van der Waals surface area contributed by atoms with E-state index in [0.717, 1.165) is 12.0 Å². The average Bonchev–Trinajstić information content (AvgIpc) is 2.37. The maximum atomic E-state index is 13.6. The monoisotopic (exact) mass is 320 g/mol. The Morgan fingerprint density at radius 3 is 2.37 bits per heavy atom. The van der Waals surface area contributed by atoms with Crippen molar-refractivity contribution in [2.45, 2.75) is 32.0 Å². The maximum absolute atomic E-state index is 13.6. The molecule has 0 aliphatic rings. The van der Waals surface area contributed by atoms with Crippen molar-refractivity contribution in [3.8, 4) is 0 Å². The van der Waals surface area contributed by atoms with Crippen molar-refractivity contribution in [3.05, 3.63) is 70.0 Å². The minimum absolute atomic E-state index is 0.136. The van der Waals surface area contributed by atoms with Gasteiger partial charge < -0.3 is 0 Å². The molecule has 100 valence electrons. The lowest BCUT2D eigenvalue weighted by atomic mass is 9.98. The van der Waals surface area contributed by atoms with Crippen LogP contribution in [0.25, 0.3) is 0 Å². The molecule has 1 unspecified atom stereocenters. The Labute approximate surface area is 122 Å². The Bertz CT molecular complexity index is 590. The van der Waals surface area contributed by atoms with Gasteiger partial charge in [-0.25, -0.2) is 4.39 Å².